The fraction of sp³-hybridized carbons (Fsp3) is 0.375. The van der Waals surface area contributed by atoms with Crippen molar-refractivity contribution in [3.63, 3.8) is 0 Å². The normalized spacial score (nSPS) is 13.1. The van der Waals surface area contributed by atoms with Gasteiger partial charge < -0.3 is 14.8 Å². The molecule has 1 heterocycles. The minimum atomic E-state index is -0.316. The second-order valence-corrected chi connectivity index (χ2v) is 6.33. The van der Waals surface area contributed by atoms with Gasteiger partial charge in [-0.25, -0.2) is 9.78 Å². The van der Waals surface area contributed by atoms with E-state index in [2.05, 4.69) is 15.6 Å². The highest BCUT2D eigenvalue weighted by Crippen LogP contribution is 2.31. The fourth-order valence-electron chi connectivity index (χ4n) is 2.58. The molecule has 122 valence electrons. The van der Waals surface area contributed by atoms with Gasteiger partial charge in [-0.15, -0.1) is 11.3 Å². The smallest absolute Gasteiger partial charge is 0.325 e. The zero-order chi connectivity index (χ0) is 16.2. The Hall–Kier alpha value is -2.28. The van der Waals surface area contributed by atoms with Crippen LogP contribution in [0.25, 0.3) is 0 Å². The number of thiazole rings is 1. The van der Waals surface area contributed by atoms with E-state index >= 15 is 0 Å². The molecule has 0 aliphatic heterocycles. The van der Waals surface area contributed by atoms with Gasteiger partial charge >= 0.3 is 6.03 Å². The van der Waals surface area contributed by atoms with Crippen LogP contribution < -0.4 is 20.1 Å². The lowest BCUT2D eigenvalue weighted by molar-refractivity contribution is 0.262. The highest BCUT2D eigenvalue weighted by molar-refractivity contribution is 7.15. The van der Waals surface area contributed by atoms with Gasteiger partial charge in [0.15, 0.2) is 16.6 Å². The number of rotatable bonds is 4. The summed E-state index contributed by atoms with van der Waals surface area (Å²) in [5, 5.41) is 6.22. The number of anilines is 2. The number of hydrogen-bond acceptors (Lipinski definition) is 5. The maximum Gasteiger partial charge on any atom is 0.325 e. The van der Waals surface area contributed by atoms with E-state index in [9.17, 15) is 4.79 Å². The lowest BCUT2D eigenvalue weighted by Gasteiger charge is -2.10. The number of carbonyl (C=O) groups is 1. The quantitative estimate of drug-likeness (QED) is 0.895. The number of urea groups is 1. The van der Waals surface area contributed by atoms with Crippen LogP contribution in [0.15, 0.2) is 18.2 Å². The first kappa shape index (κ1) is 15.6. The van der Waals surface area contributed by atoms with Crippen LogP contribution in [0.3, 0.4) is 0 Å². The summed E-state index contributed by atoms with van der Waals surface area (Å²) in [5.41, 5.74) is 1.75. The van der Waals surface area contributed by atoms with Gasteiger partial charge in [0.2, 0.25) is 0 Å². The summed E-state index contributed by atoms with van der Waals surface area (Å²) in [6.07, 6.45) is 4.44. The highest BCUT2D eigenvalue weighted by Gasteiger charge is 2.16. The number of nitrogens with zero attached hydrogens (tertiary/aromatic N) is 1. The molecule has 0 unspecified atom stereocenters. The van der Waals surface area contributed by atoms with Gasteiger partial charge in [0.05, 0.1) is 19.9 Å². The highest BCUT2D eigenvalue weighted by atomic mass is 32.1. The lowest BCUT2D eigenvalue weighted by Crippen LogP contribution is -2.19. The number of aromatic nitrogens is 1. The van der Waals surface area contributed by atoms with E-state index in [1.807, 2.05) is 0 Å². The predicted octanol–water partition coefficient (Wildman–Crippen LogP) is 3.68. The van der Waals surface area contributed by atoms with Crippen LogP contribution in [0.1, 0.15) is 23.4 Å². The topological polar surface area (TPSA) is 72.5 Å². The maximum absolute atomic E-state index is 12.1. The van der Waals surface area contributed by atoms with Gasteiger partial charge in [-0.3, -0.25) is 5.32 Å². The molecule has 0 atom stereocenters. The number of hydrogen-bond donors (Lipinski definition) is 2. The Morgan fingerprint density at radius 3 is 2.65 bits per heavy atom. The average molecular weight is 333 g/mol. The predicted molar refractivity (Wildman–Crippen MR) is 90.9 cm³/mol. The standard InChI is InChI=1S/C16H19N3O3S/c1-21-12-8-7-10(9-13(12)22-2)17-15(20)19-16-18-11-5-3-4-6-14(11)23-16/h7-9H,3-6H2,1-2H3,(H2,17,18,19,20). The second kappa shape index (κ2) is 6.87. The van der Waals surface area contributed by atoms with Gasteiger partial charge in [-0.05, 0) is 37.8 Å². The van der Waals surface area contributed by atoms with Crippen molar-refractivity contribution in [1.82, 2.24) is 4.98 Å². The SMILES string of the molecule is COc1ccc(NC(=O)Nc2nc3c(s2)CCCC3)cc1OC. The molecule has 0 radical (unpaired) electrons. The molecule has 0 spiro atoms. The molecule has 0 saturated heterocycles. The fourth-order valence-corrected chi connectivity index (χ4v) is 3.62. The van der Waals surface area contributed by atoms with E-state index in [0.717, 1.165) is 18.5 Å². The van der Waals surface area contributed by atoms with Crippen molar-refractivity contribution < 1.29 is 14.3 Å². The Balaban J connectivity index is 1.66. The van der Waals surface area contributed by atoms with Crippen molar-refractivity contribution in [1.29, 1.82) is 0 Å². The number of amides is 2. The molecular formula is C16H19N3O3S. The summed E-state index contributed by atoms with van der Waals surface area (Å²) >= 11 is 1.56. The third kappa shape index (κ3) is 3.56. The van der Waals surface area contributed by atoms with E-state index in [0.29, 0.717) is 22.3 Å². The summed E-state index contributed by atoms with van der Waals surface area (Å²) in [6.45, 7) is 0. The van der Waals surface area contributed by atoms with Crippen LogP contribution in [-0.4, -0.2) is 25.2 Å². The van der Waals surface area contributed by atoms with Crippen molar-refractivity contribution in [2.24, 2.45) is 0 Å². The van der Waals surface area contributed by atoms with Crippen LogP contribution in [-0.2, 0) is 12.8 Å². The zero-order valence-electron chi connectivity index (χ0n) is 13.1. The van der Waals surface area contributed by atoms with Gasteiger partial charge in [-0.1, -0.05) is 0 Å². The van der Waals surface area contributed by atoms with Crippen LogP contribution in [0.2, 0.25) is 0 Å². The molecule has 0 fully saturated rings. The first-order valence-electron chi connectivity index (χ1n) is 7.48. The second-order valence-electron chi connectivity index (χ2n) is 5.24. The van der Waals surface area contributed by atoms with Crippen LogP contribution in [0.5, 0.6) is 11.5 Å². The van der Waals surface area contributed by atoms with Gasteiger partial charge in [0, 0.05) is 16.6 Å². The molecule has 0 bridgehead atoms. The average Bonchev–Trinajstić information content (AvgIpc) is 2.96. The maximum atomic E-state index is 12.1. The lowest BCUT2D eigenvalue weighted by atomic mass is 10.0. The molecule has 1 aromatic carbocycles. The molecule has 1 aliphatic rings. The number of nitrogens with one attached hydrogen (secondary N) is 2. The molecular weight excluding hydrogens is 314 g/mol. The molecule has 7 heteroatoms. The Bertz CT molecular complexity index is 691. The van der Waals surface area contributed by atoms with Crippen molar-refractivity contribution in [2.45, 2.75) is 25.7 Å². The zero-order valence-corrected chi connectivity index (χ0v) is 14.0. The minimum absolute atomic E-state index is 0.316. The molecule has 1 aliphatic carbocycles. The number of ether oxygens (including phenoxy) is 2. The summed E-state index contributed by atoms with van der Waals surface area (Å²) in [7, 11) is 3.13. The first-order valence-corrected chi connectivity index (χ1v) is 8.30. The van der Waals surface area contributed by atoms with Crippen LogP contribution >= 0.6 is 11.3 Å². The summed E-state index contributed by atoms with van der Waals surface area (Å²) in [6, 6.07) is 4.90. The Kier molecular flexibility index (Phi) is 4.66. The molecule has 2 aromatic rings. The Morgan fingerprint density at radius 2 is 1.91 bits per heavy atom. The molecule has 2 N–H and O–H groups in total. The van der Waals surface area contributed by atoms with E-state index in [1.54, 1.807) is 43.8 Å². The number of benzene rings is 1. The molecule has 0 saturated carbocycles. The first-order chi connectivity index (χ1) is 11.2. The Labute approximate surface area is 138 Å². The minimum Gasteiger partial charge on any atom is -0.493 e. The molecule has 3 rings (SSSR count). The number of fused-ring (bicyclic) bond motifs is 1. The van der Waals surface area contributed by atoms with E-state index < -0.39 is 0 Å². The van der Waals surface area contributed by atoms with E-state index in [-0.39, 0.29) is 6.03 Å². The van der Waals surface area contributed by atoms with Crippen molar-refractivity contribution in [3.8, 4) is 11.5 Å². The third-order valence-corrected chi connectivity index (χ3v) is 4.78. The Morgan fingerprint density at radius 1 is 1.13 bits per heavy atom. The van der Waals surface area contributed by atoms with E-state index in [4.69, 9.17) is 9.47 Å². The third-order valence-electron chi connectivity index (χ3n) is 3.71. The van der Waals surface area contributed by atoms with Gasteiger partial charge in [0.1, 0.15) is 0 Å². The molecule has 6 nitrogen and oxygen atoms in total. The largest absolute Gasteiger partial charge is 0.493 e. The van der Waals surface area contributed by atoms with Crippen molar-refractivity contribution in [2.75, 3.05) is 24.9 Å². The number of carbonyl (C=O) groups excluding carboxylic acids is 1. The van der Waals surface area contributed by atoms with Crippen molar-refractivity contribution in [3.05, 3.63) is 28.8 Å². The summed E-state index contributed by atoms with van der Waals surface area (Å²) in [5.74, 6) is 1.18. The monoisotopic (exact) mass is 333 g/mol. The van der Waals surface area contributed by atoms with E-state index in [1.165, 1.54) is 17.7 Å². The summed E-state index contributed by atoms with van der Waals surface area (Å²) in [4.78, 5) is 17.9. The van der Waals surface area contributed by atoms with Crippen LogP contribution in [0.4, 0.5) is 15.6 Å². The molecule has 23 heavy (non-hydrogen) atoms. The molecule has 2 amide bonds. The number of methoxy groups -OCH3 is 2. The van der Waals surface area contributed by atoms with Gasteiger partial charge in [0.25, 0.3) is 0 Å². The number of aryl methyl sites for hydroxylation is 2. The molecule has 1 aromatic heterocycles. The van der Waals surface area contributed by atoms with Gasteiger partial charge in [-0.2, -0.15) is 0 Å². The summed E-state index contributed by atoms with van der Waals surface area (Å²) < 4.78 is 10.4. The van der Waals surface area contributed by atoms with Crippen LogP contribution in [0, 0.1) is 0 Å². The van der Waals surface area contributed by atoms with Crippen molar-refractivity contribution >= 4 is 28.2 Å².